The molecule has 0 heterocycles. The molecule has 0 bridgehead atoms. The molecule has 0 aliphatic rings. The molecule has 9 heavy (non-hydrogen) atoms. The monoisotopic (exact) mass is 199 g/mol. The van der Waals surface area contributed by atoms with Crippen LogP contribution in [0.3, 0.4) is 0 Å². The van der Waals surface area contributed by atoms with Crippen molar-refractivity contribution in [1.82, 2.24) is 0 Å². The summed E-state index contributed by atoms with van der Waals surface area (Å²) in [6.07, 6.45) is 0. The SMILES string of the molecule is [2H]c1c([2H])c([2H])c([CH2][Mg][Br])c([2H])c1[2H]. The predicted octanol–water partition coefficient (Wildman–Crippen LogP) is 2.20. The summed E-state index contributed by atoms with van der Waals surface area (Å²) in [7, 11) is 0. The van der Waals surface area contributed by atoms with E-state index in [4.69, 9.17) is 6.85 Å². The Morgan fingerprint density at radius 3 is 2.67 bits per heavy atom. The lowest BCUT2D eigenvalue weighted by Crippen LogP contribution is -1.85. The third-order valence-corrected chi connectivity index (χ3v) is 2.77. The molecular formula is C7H7BrMg. The molecule has 2 heteroatoms. The molecule has 0 N–H and O–H groups in total. The molecule has 44 valence electrons. The van der Waals surface area contributed by atoms with Crippen LogP contribution in [0.25, 0.3) is 0 Å². The van der Waals surface area contributed by atoms with Crippen molar-refractivity contribution in [2.75, 3.05) is 0 Å². The Labute approximate surface area is 78.3 Å². The summed E-state index contributed by atoms with van der Waals surface area (Å²) < 4.78 is 37.9. The van der Waals surface area contributed by atoms with Gasteiger partial charge >= 0.3 is 18.2 Å². The number of hydrogen-bond donors (Lipinski definition) is 0. The molecule has 0 saturated carbocycles. The fourth-order valence-electron chi connectivity index (χ4n) is 0.495. The summed E-state index contributed by atoms with van der Waals surface area (Å²) in [6, 6.07) is -0.933. The van der Waals surface area contributed by atoms with Crippen LogP contribution in [0.15, 0.2) is 30.2 Å². The van der Waals surface area contributed by atoms with Crippen molar-refractivity contribution in [2.45, 2.75) is 4.55 Å². The molecule has 1 aromatic carbocycles. The summed E-state index contributed by atoms with van der Waals surface area (Å²) in [4.78, 5) is 0. The highest BCUT2D eigenvalue weighted by molar-refractivity contribution is 9.23. The van der Waals surface area contributed by atoms with Crippen LogP contribution in [0.4, 0.5) is 0 Å². The molecule has 0 saturated heterocycles. The van der Waals surface area contributed by atoms with Gasteiger partial charge in [-0.05, 0) is 0 Å². The predicted molar refractivity (Wildman–Crippen MR) is 44.8 cm³/mol. The lowest BCUT2D eigenvalue weighted by Gasteiger charge is -1.92. The Bertz CT molecular complexity index is 339. The molecule has 0 spiro atoms. The first-order valence-electron chi connectivity index (χ1n) is 5.12. The molecule has 0 fully saturated rings. The Hall–Kier alpha value is 0.466. The first kappa shape index (κ1) is 3.24. The zero-order valence-electron chi connectivity index (χ0n) is 9.79. The van der Waals surface area contributed by atoms with Gasteiger partial charge in [-0.1, -0.05) is 35.8 Å². The van der Waals surface area contributed by atoms with Gasteiger partial charge in [0.1, 0.15) is 0 Å². The Morgan fingerprint density at radius 1 is 1.44 bits per heavy atom. The van der Waals surface area contributed by atoms with Gasteiger partial charge in [0.15, 0.2) is 0 Å². The van der Waals surface area contributed by atoms with Gasteiger partial charge in [0.2, 0.25) is 0 Å². The normalized spacial score (nSPS) is 16.3. The zero-order chi connectivity index (χ0) is 10.9. The first-order chi connectivity index (χ1) is 6.50. The smallest absolute Gasteiger partial charge is 0.306 e. The molecule has 0 radical (unpaired) electrons. The summed E-state index contributed by atoms with van der Waals surface area (Å²) in [5.41, 5.74) is 0.430. The lowest BCUT2D eigenvalue weighted by molar-refractivity contribution is 1.40. The third-order valence-electron chi connectivity index (χ3n) is 0.896. The average molecular weight is 200 g/mol. The maximum atomic E-state index is 7.57. The van der Waals surface area contributed by atoms with E-state index in [9.17, 15) is 0 Å². The molecule has 0 aliphatic heterocycles. The van der Waals surface area contributed by atoms with Crippen LogP contribution in [-0.4, -0.2) is 18.2 Å². The maximum Gasteiger partial charge on any atom is 0.473 e. The van der Waals surface area contributed by atoms with Gasteiger partial charge in [0.05, 0.1) is 6.85 Å². The number of rotatable bonds is 2. The fraction of sp³-hybridized carbons (Fsp3) is 0.143. The highest BCUT2D eigenvalue weighted by Crippen LogP contribution is 1.98. The van der Waals surface area contributed by atoms with E-state index in [0.29, 0.717) is 10.1 Å². The third kappa shape index (κ3) is 2.69. The average Bonchev–Trinajstić information content (AvgIpc) is 2.19. The Morgan fingerprint density at radius 2 is 2.11 bits per heavy atom. The van der Waals surface area contributed by atoms with Gasteiger partial charge in [-0.3, -0.25) is 0 Å². The fourth-order valence-corrected chi connectivity index (χ4v) is 2.12. The molecular weight excluding hydrogens is 188 g/mol. The van der Waals surface area contributed by atoms with Gasteiger partial charge in [-0.25, -0.2) is 0 Å². The maximum absolute atomic E-state index is 7.57. The van der Waals surface area contributed by atoms with Crippen LogP contribution in [0.1, 0.15) is 12.4 Å². The van der Waals surface area contributed by atoms with Crippen LogP contribution in [-0.2, 0) is 4.55 Å². The summed E-state index contributed by atoms with van der Waals surface area (Å²) >= 11 is 2.80. The molecule has 1 aromatic rings. The van der Waals surface area contributed by atoms with E-state index in [0.717, 1.165) is 0 Å². The van der Waals surface area contributed by atoms with Gasteiger partial charge < -0.3 is 12.9 Å². The molecule has 0 amide bonds. The van der Waals surface area contributed by atoms with Crippen LogP contribution >= 0.6 is 12.9 Å². The van der Waals surface area contributed by atoms with Crippen molar-refractivity contribution in [3.63, 3.8) is 0 Å². The van der Waals surface area contributed by atoms with Gasteiger partial charge in [0, 0.05) is 0 Å². The van der Waals surface area contributed by atoms with E-state index in [-0.39, 0.29) is 30.2 Å². The summed E-state index contributed by atoms with van der Waals surface area (Å²) in [5.74, 6) is 0. The summed E-state index contributed by atoms with van der Waals surface area (Å²) in [6.45, 7) is 0. The van der Waals surface area contributed by atoms with Crippen molar-refractivity contribution in [1.29, 1.82) is 0 Å². The largest absolute Gasteiger partial charge is 0.473 e. The van der Waals surface area contributed by atoms with E-state index in [1.165, 1.54) is 0 Å². The zero-order valence-corrected chi connectivity index (χ0v) is 7.79. The standard InChI is InChI=1S/C7H7.BrH.Mg/c1-7-5-3-2-4-6-7;;/h2-6H,1H2;1H;/q;;+1/p-1/i2D,3D,4D,5D,6D;;. The molecule has 0 atom stereocenters. The van der Waals surface area contributed by atoms with Crippen LogP contribution in [0, 0.1) is 0 Å². The van der Waals surface area contributed by atoms with Crippen molar-refractivity contribution in [3.8, 4) is 0 Å². The van der Waals surface area contributed by atoms with Gasteiger partial charge in [0.25, 0.3) is 0 Å². The second-order valence-electron chi connectivity index (χ2n) is 1.54. The van der Waals surface area contributed by atoms with Crippen LogP contribution in [0.5, 0.6) is 0 Å². The highest BCUT2D eigenvalue weighted by atomic mass is 79.9. The quantitative estimate of drug-likeness (QED) is 0.642. The highest BCUT2D eigenvalue weighted by Gasteiger charge is 1.90. The molecule has 0 aliphatic carbocycles. The Balaban J connectivity index is 3.43. The first-order valence-corrected chi connectivity index (χ1v) is 7.52. The minimum atomic E-state index is -0.527. The second kappa shape index (κ2) is 4.31. The molecule has 0 aromatic heterocycles. The second-order valence-corrected chi connectivity index (χ2v) is 4.80. The van der Waals surface area contributed by atoms with E-state index in [1.54, 1.807) is 0 Å². The van der Waals surface area contributed by atoms with Crippen molar-refractivity contribution < 1.29 is 6.85 Å². The van der Waals surface area contributed by atoms with E-state index in [1.807, 2.05) is 0 Å². The Kier molecular flexibility index (Phi) is 1.55. The van der Waals surface area contributed by atoms with Crippen LogP contribution < -0.4 is 0 Å². The topological polar surface area (TPSA) is 0 Å². The van der Waals surface area contributed by atoms with Crippen molar-refractivity contribution >= 4 is 31.1 Å². The molecule has 1 rings (SSSR count). The van der Waals surface area contributed by atoms with Gasteiger partial charge in [-0.2, -0.15) is 0 Å². The minimum Gasteiger partial charge on any atom is -0.306 e. The van der Waals surface area contributed by atoms with Crippen molar-refractivity contribution in [3.05, 3.63) is 35.8 Å². The van der Waals surface area contributed by atoms with Gasteiger partial charge in [-0.15, -0.1) is 4.55 Å². The number of hydrogen-bond acceptors (Lipinski definition) is 0. The van der Waals surface area contributed by atoms with Crippen LogP contribution in [0.2, 0.25) is 0 Å². The lowest BCUT2D eigenvalue weighted by atomic mass is 10.2. The molecule has 0 unspecified atom stereocenters. The number of halogens is 1. The van der Waals surface area contributed by atoms with E-state index in [2.05, 4.69) is 12.9 Å². The molecule has 0 nitrogen and oxygen atoms in total. The summed E-state index contributed by atoms with van der Waals surface area (Å²) in [5, 5.41) is 0. The van der Waals surface area contributed by atoms with E-state index >= 15 is 0 Å². The minimum absolute atomic E-state index is 0.0667. The van der Waals surface area contributed by atoms with E-state index < -0.39 is 18.2 Å². The van der Waals surface area contributed by atoms with Crippen molar-refractivity contribution in [2.24, 2.45) is 0 Å². The number of benzene rings is 1.